The molecule has 0 aliphatic carbocycles. The summed E-state index contributed by atoms with van der Waals surface area (Å²) in [6.45, 7) is 9.40. The van der Waals surface area contributed by atoms with Crippen LogP contribution in [0.2, 0.25) is 0 Å². The molecule has 1 aromatic heterocycles. The normalized spacial score (nSPS) is 14.8. The first-order valence-electron chi connectivity index (χ1n) is 11.8. The van der Waals surface area contributed by atoms with Gasteiger partial charge in [-0.3, -0.25) is 9.36 Å². The predicted molar refractivity (Wildman–Crippen MR) is 147 cm³/mol. The average Bonchev–Trinajstić information content (AvgIpc) is 3.24. The molecular formula is C29H28N2O6S. The van der Waals surface area contributed by atoms with Crippen LogP contribution in [0.5, 0.6) is 17.2 Å². The van der Waals surface area contributed by atoms with Crippen molar-refractivity contribution in [3.8, 4) is 17.2 Å². The third-order valence-corrected chi connectivity index (χ3v) is 6.83. The number of ether oxygens (including phenoxy) is 4. The zero-order valence-electron chi connectivity index (χ0n) is 21.4. The number of aromatic nitrogens is 1. The van der Waals surface area contributed by atoms with Crippen LogP contribution in [0.15, 0.2) is 88.8 Å². The first-order chi connectivity index (χ1) is 18.4. The van der Waals surface area contributed by atoms with Crippen LogP contribution in [0, 0.1) is 0 Å². The quantitative estimate of drug-likeness (QED) is 0.293. The molecule has 9 heteroatoms. The monoisotopic (exact) mass is 532 g/mol. The van der Waals surface area contributed by atoms with Gasteiger partial charge in [0.1, 0.15) is 19.0 Å². The van der Waals surface area contributed by atoms with Gasteiger partial charge in [0.05, 0.1) is 36.1 Å². The fraction of sp³-hybridized carbons (Fsp3) is 0.207. The summed E-state index contributed by atoms with van der Waals surface area (Å²) >= 11 is 1.25. The Labute approximate surface area is 224 Å². The average molecular weight is 533 g/mol. The highest BCUT2D eigenvalue weighted by atomic mass is 32.1. The predicted octanol–water partition coefficient (Wildman–Crippen LogP) is 3.55. The lowest BCUT2D eigenvalue weighted by molar-refractivity contribution is -0.138. The number of hydrogen-bond acceptors (Lipinski definition) is 8. The lowest BCUT2D eigenvalue weighted by atomic mass is 9.96. The molecule has 1 atom stereocenters. The Morgan fingerprint density at radius 1 is 1.05 bits per heavy atom. The number of thiazole rings is 1. The number of benzene rings is 2. The van der Waals surface area contributed by atoms with Gasteiger partial charge in [0.15, 0.2) is 16.3 Å². The topological polar surface area (TPSA) is 88.4 Å². The molecule has 0 N–H and O–H groups in total. The summed E-state index contributed by atoms with van der Waals surface area (Å²) in [5, 5.41) is 0. The molecule has 0 amide bonds. The SMILES string of the molecule is C=CCOC(=O)C1=C(C)N=c2s/c(=C/c3ccc(OCC=C)c(OC)c3)c(=O)n2[C@H]1c1ccc(OC)cc1. The smallest absolute Gasteiger partial charge is 0.338 e. The second-order valence-corrected chi connectivity index (χ2v) is 9.26. The number of rotatable bonds is 10. The number of methoxy groups -OCH3 is 2. The Balaban J connectivity index is 1.86. The summed E-state index contributed by atoms with van der Waals surface area (Å²) in [7, 11) is 3.13. The molecule has 8 nitrogen and oxygen atoms in total. The van der Waals surface area contributed by atoms with Crippen molar-refractivity contribution in [2.75, 3.05) is 27.4 Å². The van der Waals surface area contributed by atoms with Gasteiger partial charge < -0.3 is 18.9 Å². The third kappa shape index (κ3) is 5.33. The fourth-order valence-electron chi connectivity index (χ4n) is 4.09. The molecule has 0 bridgehead atoms. The van der Waals surface area contributed by atoms with Crippen molar-refractivity contribution in [3.05, 3.63) is 110 Å². The minimum Gasteiger partial charge on any atom is -0.497 e. The van der Waals surface area contributed by atoms with E-state index in [1.165, 1.54) is 22.0 Å². The number of fused-ring (bicyclic) bond motifs is 1. The number of hydrogen-bond donors (Lipinski definition) is 0. The first-order valence-corrected chi connectivity index (χ1v) is 12.6. The molecule has 1 aliphatic rings. The van der Waals surface area contributed by atoms with Gasteiger partial charge in [-0.25, -0.2) is 9.79 Å². The van der Waals surface area contributed by atoms with Gasteiger partial charge >= 0.3 is 5.97 Å². The molecular weight excluding hydrogens is 504 g/mol. The van der Waals surface area contributed by atoms with Crippen LogP contribution >= 0.6 is 11.3 Å². The molecule has 0 saturated carbocycles. The van der Waals surface area contributed by atoms with Crippen LogP contribution in [0.25, 0.3) is 6.08 Å². The van der Waals surface area contributed by atoms with Crippen LogP contribution < -0.4 is 29.1 Å². The highest BCUT2D eigenvalue weighted by Gasteiger charge is 2.33. The number of allylic oxidation sites excluding steroid dienone is 1. The molecule has 0 spiro atoms. The fourth-order valence-corrected chi connectivity index (χ4v) is 5.14. The summed E-state index contributed by atoms with van der Waals surface area (Å²) in [4.78, 5) is 32.0. The minimum absolute atomic E-state index is 0.0453. The van der Waals surface area contributed by atoms with Gasteiger partial charge in [-0.1, -0.05) is 54.8 Å². The van der Waals surface area contributed by atoms with Crippen molar-refractivity contribution in [2.45, 2.75) is 13.0 Å². The van der Waals surface area contributed by atoms with E-state index in [9.17, 15) is 9.59 Å². The van der Waals surface area contributed by atoms with E-state index in [4.69, 9.17) is 18.9 Å². The van der Waals surface area contributed by atoms with Crippen molar-refractivity contribution in [3.63, 3.8) is 0 Å². The van der Waals surface area contributed by atoms with E-state index in [0.29, 0.717) is 44.5 Å². The number of esters is 1. The van der Waals surface area contributed by atoms with Crippen LogP contribution in [0.1, 0.15) is 24.1 Å². The van der Waals surface area contributed by atoms with E-state index < -0.39 is 12.0 Å². The second-order valence-electron chi connectivity index (χ2n) is 8.25. The lowest BCUT2D eigenvalue weighted by Gasteiger charge is -2.24. The molecule has 3 aromatic rings. The number of nitrogens with zero attached hydrogens (tertiary/aromatic N) is 2. The van der Waals surface area contributed by atoms with Crippen molar-refractivity contribution in [1.29, 1.82) is 0 Å². The van der Waals surface area contributed by atoms with Crippen LogP contribution in [0.3, 0.4) is 0 Å². The Bertz CT molecular complexity index is 1580. The minimum atomic E-state index is -0.721. The molecule has 196 valence electrons. The molecule has 0 unspecified atom stereocenters. The van der Waals surface area contributed by atoms with E-state index in [-0.39, 0.29) is 12.2 Å². The van der Waals surface area contributed by atoms with Gasteiger partial charge in [-0.05, 0) is 48.4 Å². The van der Waals surface area contributed by atoms with Gasteiger partial charge in [0, 0.05) is 0 Å². The molecule has 0 fully saturated rings. The molecule has 0 radical (unpaired) electrons. The van der Waals surface area contributed by atoms with Crippen LogP contribution in [-0.2, 0) is 9.53 Å². The zero-order chi connectivity index (χ0) is 27.2. The molecule has 2 heterocycles. The van der Waals surface area contributed by atoms with Crippen molar-refractivity contribution < 1.29 is 23.7 Å². The van der Waals surface area contributed by atoms with E-state index in [0.717, 1.165) is 11.1 Å². The maximum atomic E-state index is 13.8. The Morgan fingerprint density at radius 2 is 1.79 bits per heavy atom. The van der Waals surface area contributed by atoms with E-state index in [2.05, 4.69) is 18.2 Å². The van der Waals surface area contributed by atoms with Crippen molar-refractivity contribution in [2.24, 2.45) is 4.99 Å². The van der Waals surface area contributed by atoms with E-state index >= 15 is 0 Å². The van der Waals surface area contributed by atoms with Gasteiger partial charge in [-0.15, -0.1) is 0 Å². The summed E-state index contributed by atoms with van der Waals surface area (Å²) < 4.78 is 23.7. The van der Waals surface area contributed by atoms with Crippen LogP contribution in [-0.4, -0.2) is 38.0 Å². The Hall–Kier alpha value is -4.37. The van der Waals surface area contributed by atoms with E-state index in [1.54, 1.807) is 57.6 Å². The standard InChI is InChI=1S/C29H28N2O6S/c1-6-14-36-22-13-8-19(16-23(22)35-5)17-24-27(32)31-26(20-9-11-21(34-4)12-10-20)25(28(33)37-15-7-2)18(3)30-29(31)38-24/h6-13,16-17,26H,1-2,14-15H2,3-5H3/b24-17+/t26-/m0/s1. The first kappa shape index (κ1) is 26.7. The summed E-state index contributed by atoms with van der Waals surface area (Å²) in [5.41, 5.74) is 1.98. The van der Waals surface area contributed by atoms with Gasteiger partial charge in [-0.2, -0.15) is 0 Å². The molecule has 38 heavy (non-hydrogen) atoms. The zero-order valence-corrected chi connectivity index (χ0v) is 22.2. The number of carbonyl (C=O) groups excluding carboxylic acids is 1. The van der Waals surface area contributed by atoms with Gasteiger partial charge in [0.25, 0.3) is 5.56 Å². The summed E-state index contributed by atoms with van der Waals surface area (Å²) in [6, 6.07) is 11.9. The lowest BCUT2D eigenvalue weighted by Crippen LogP contribution is -2.39. The van der Waals surface area contributed by atoms with E-state index in [1.807, 2.05) is 18.2 Å². The number of carbonyl (C=O) groups is 1. The molecule has 0 saturated heterocycles. The Kier molecular flexibility index (Phi) is 8.28. The van der Waals surface area contributed by atoms with Crippen LogP contribution in [0.4, 0.5) is 0 Å². The maximum absolute atomic E-state index is 13.8. The third-order valence-electron chi connectivity index (χ3n) is 5.85. The molecule has 2 aromatic carbocycles. The summed E-state index contributed by atoms with van der Waals surface area (Å²) in [6.07, 6.45) is 4.91. The van der Waals surface area contributed by atoms with Crippen molar-refractivity contribution in [1.82, 2.24) is 4.57 Å². The molecule has 1 aliphatic heterocycles. The largest absolute Gasteiger partial charge is 0.497 e. The second kappa shape index (κ2) is 11.8. The highest BCUT2D eigenvalue weighted by Crippen LogP contribution is 2.32. The molecule has 4 rings (SSSR count). The summed E-state index contributed by atoms with van der Waals surface area (Å²) in [5.74, 6) is 1.21. The van der Waals surface area contributed by atoms with Crippen molar-refractivity contribution >= 4 is 23.4 Å². The highest BCUT2D eigenvalue weighted by molar-refractivity contribution is 7.07. The van der Waals surface area contributed by atoms with Gasteiger partial charge in [0.2, 0.25) is 0 Å². The Morgan fingerprint density at radius 3 is 2.45 bits per heavy atom. The maximum Gasteiger partial charge on any atom is 0.338 e.